The average molecular weight is 400 g/mol. The summed E-state index contributed by atoms with van der Waals surface area (Å²) in [4.78, 5) is 28.5. The highest BCUT2D eigenvalue weighted by atomic mass is 32.1. The van der Waals surface area contributed by atoms with Crippen LogP contribution >= 0.6 is 11.3 Å². The van der Waals surface area contributed by atoms with Crippen LogP contribution in [0.25, 0.3) is 10.6 Å². The lowest BCUT2D eigenvalue weighted by molar-refractivity contribution is -0.143. The van der Waals surface area contributed by atoms with Gasteiger partial charge >= 0.3 is 5.97 Å². The first kappa shape index (κ1) is 18.0. The number of carbonyl (C=O) groups excluding carboxylic acids is 2. The average Bonchev–Trinajstić information content (AvgIpc) is 3.43. The first-order valence-corrected chi connectivity index (χ1v) is 9.23. The molecule has 28 heavy (non-hydrogen) atoms. The standard InChI is InChI=1S/C18H16N4O5S/c1-22-7-12(5-20-22)18-21-13(9-28-18)8-25-16(23)6-19-17(24)11-2-3-14-15(4-11)27-10-26-14/h2-5,7,9H,6,8,10H2,1H3,(H,19,24). The number of nitrogens with zero attached hydrogens (tertiary/aromatic N) is 3. The van der Waals surface area contributed by atoms with E-state index < -0.39 is 11.9 Å². The number of hydrogen-bond acceptors (Lipinski definition) is 8. The number of carbonyl (C=O) groups is 2. The number of esters is 1. The predicted octanol–water partition coefficient (Wildman–Crippen LogP) is 1.75. The molecule has 0 saturated carbocycles. The maximum atomic E-state index is 12.2. The zero-order valence-electron chi connectivity index (χ0n) is 14.9. The fourth-order valence-electron chi connectivity index (χ4n) is 2.54. The molecule has 1 aromatic carbocycles. The number of ether oxygens (including phenoxy) is 3. The third kappa shape index (κ3) is 3.96. The lowest BCUT2D eigenvalue weighted by Gasteiger charge is -2.06. The molecule has 3 heterocycles. The van der Waals surface area contributed by atoms with Gasteiger partial charge in [-0.3, -0.25) is 14.3 Å². The largest absolute Gasteiger partial charge is 0.458 e. The summed E-state index contributed by atoms with van der Waals surface area (Å²) in [5.74, 6) is 0.140. The van der Waals surface area contributed by atoms with Crippen LogP contribution in [0.3, 0.4) is 0 Å². The second kappa shape index (κ2) is 7.69. The number of aryl methyl sites for hydroxylation is 1. The zero-order valence-corrected chi connectivity index (χ0v) is 15.7. The van der Waals surface area contributed by atoms with Crippen LogP contribution in [-0.2, 0) is 23.2 Å². The van der Waals surface area contributed by atoms with Crippen LogP contribution < -0.4 is 14.8 Å². The van der Waals surface area contributed by atoms with Gasteiger partial charge in [-0.05, 0) is 18.2 Å². The molecule has 1 amide bonds. The van der Waals surface area contributed by atoms with Gasteiger partial charge in [0.2, 0.25) is 6.79 Å². The SMILES string of the molecule is Cn1cc(-c2nc(COC(=O)CNC(=O)c3ccc4c(c3)OCO4)cs2)cn1. The molecular formula is C18H16N4O5S. The lowest BCUT2D eigenvalue weighted by Crippen LogP contribution is -2.30. The summed E-state index contributed by atoms with van der Waals surface area (Å²) >= 11 is 1.45. The Bertz CT molecular complexity index is 1030. The summed E-state index contributed by atoms with van der Waals surface area (Å²) in [6, 6.07) is 4.82. The quantitative estimate of drug-likeness (QED) is 0.629. The van der Waals surface area contributed by atoms with E-state index in [1.807, 2.05) is 18.6 Å². The van der Waals surface area contributed by atoms with Crippen LogP contribution in [0.4, 0.5) is 0 Å². The number of amides is 1. The molecule has 0 spiro atoms. The van der Waals surface area contributed by atoms with Gasteiger partial charge < -0.3 is 19.5 Å². The number of fused-ring (bicyclic) bond motifs is 1. The van der Waals surface area contributed by atoms with E-state index in [0.29, 0.717) is 22.8 Å². The molecule has 2 aromatic heterocycles. The van der Waals surface area contributed by atoms with Gasteiger partial charge in [-0.1, -0.05) is 0 Å². The normalized spacial score (nSPS) is 12.0. The summed E-state index contributed by atoms with van der Waals surface area (Å²) in [7, 11) is 1.83. The van der Waals surface area contributed by atoms with Crippen LogP contribution in [0.1, 0.15) is 16.1 Å². The third-order valence-corrected chi connectivity index (χ3v) is 4.85. The third-order valence-electron chi connectivity index (χ3n) is 3.91. The van der Waals surface area contributed by atoms with Gasteiger partial charge in [-0.25, -0.2) is 4.98 Å². The molecule has 0 unspecified atom stereocenters. The van der Waals surface area contributed by atoms with Crippen molar-refractivity contribution in [2.45, 2.75) is 6.61 Å². The Morgan fingerprint density at radius 3 is 3.00 bits per heavy atom. The minimum atomic E-state index is -0.551. The Labute approximate surface area is 163 Å². The van der Waals surface area contributed by atoms with E-state index >= 15 is 0 Å². The molecule has 0 atom stereocenters. The van der Waals surface area contributed by atoms with E-state index in [2.05, 4.69) is 15.4 Å². The predicted molar refractivity (Wildman–Crippen MR) is 99.0 cm³/mol. The second-order valence-corrected chi connectivity index (χ2v) is 6.82. The number of benzene rings is 1. The summed E-state index contributed by atoms with van der Waals surface area (Å²) in [5, 5.41) is 9.25. The van der Waals surface area contributed by atoms with Crippen LogP contribution in [0, 0.1) is 0 Å². The van der Waals surface area contributed by atoms with Crippen molar-refractivity contribution < 1.29 is 23.8 Å². The van der Waals surface area contributed by atoms with Crippen LogP contribution in [0.2, 0.25) is 0 Å². The zero-order chi connectivity index (χ0) is 19.5. The molecule has 0 bridgehead atoms. The fraction of sp³-hybridized carbons (Fsp3) is 0.222. The molecule has 1 N–H and O–H groups in total. The summed E-state index contributed by atoms with van der Waals surface area (Å²) in [6.45, 7) is -0.0752. The Balaban J connectivity index is 1.26. The lowest BCUT2D eigenvalue weighted by atomic mass is 10.2. The van der Waals surface area contributed by atoms with Gasteiger partial charge in [0.1, 0.15) is 18.2 Å². The van der Waals surface area contributed by atoms with Crippen molar-refractivity contribution in [3.63, 3.8) is 0 Å². The van der Waals surface area contributed by atoms with Crippen molar-refractivity contribution in [3.05, 3.63) is 47.2 Å². The first-order valence-electron chi connectivity index (χ1n) is 8.35. The number of thiazole rings is 1. The Morgan fingerprint density at radius 1 is 1.32 bits per heavy atom. The molecule has 3 aromatic rings. The molecule has 10 heteroatoms. The van der Waals surface area contributed by atoms with E-state index in [1.165, 1.54) is 11.3 Å². The maximum absolute atomic E-state index is 12.2. The fourth-order valence-corrected chi connectivity index (χ4v) is 3.32. The Kier molecular flexibility index (Phi) is 4.94. The molecule has 1 aliphatic heterocycles. The molecular weight excluding hydrogens is 384 g/mol. The monoisotopic (exact) mass is 400 g/mol. The van der Waals surface area contributed by atoms with Crippen LogP contribution in [0.5, 0.6) is 11.5 Å². The Morgan fingerprint density at radius 2 is 2.18 bits per heavy atom. The van der Waals surface area contributed by atoms with Gasteiger partial charge in [0.25, 0.3) is 5.91 Å². The smallest absolute Gasteiger partial charge is 0.325 e. The molecule has 1 aliphatic rings. The topological polar surface area (TPSA) is 105 Å². The summed E-state index contributed by atoms with van der Waals surface area (Å²) < 4.78 is 17.3. The highest BCUT2D eigenvalue weighted by molar-refractivity contribution is 7.13. The van der Waals surface area contributed by atoms with Crippen molar-refractivity contribution in [3.8, 4) is 22.1 Å². The first-order chi connectivity index (χ1) is 13.6. The molecule has 0 fully saturated rings. The van der Waals surface area contributed by atoms with E-state index in [1.54, 1.807) is 29.1 Å². The molecule has 0 saturated heterocycles. The number of aromatic nitrogens is 3. The van der Waals surface area contributed by atoms with Crippen molar-refractivity contribution in [1.29, 1.82) is 0 Å². The number of nitrogens with one attached hydrogen (secondary N) is 1. The highest BCUT2D eigenvalue weighted by Gasteiger charge is 2.17. The second-order valence-electron chi connectivity index (χ2n) is 5.96. The van der Waals surface area contributed by atoms with Crippen LogP contribution in [0.15, 0.2) is 36.0 Å². The van der Waals surface area contributed by atoms with Gasteiger partial charge in [-0.15, -0.1) is 11.3 Å². The summed E-state index contributed by atoms with van der Waals surface area (Å²) in [5.41, 5.74) is 1.91. The van der Waals surface area contributed by atoms with Gasteiger partial charge in [0.15, 0.2) is 11.5 Å². The van der Waals surface area contributed by atoms with Crippen LogP contribution in [-0.4, -0.2) is 40.0 Å². The van der Waals surface area contributed by atoms with Crippen molar-refractivity contribution in [2.24, 2.45) is 7.05 Å². The van der Waals surface area contributed by atoms with E-state index in [4.69, 9.17) is 14.2 Å². The van der Waals surface area contributed by atoms with E-state index in [0.717, 1.165) is 10.6 Å². The Hall–Kier alpha value is -3.40. The summed E-state index contributed by atoms with van der Waals surface area (Å²) in [6.07, 6.45) is 3.58. The maximum Gasteiger partial charge on any atom is 0.325 e. The van der Waals surface area contributed by atoms with Gasteiger partial charge in [0.05, 0.1) is 11.9 Å². The minimum Gasteiger partial charge on any atom is -0.458 e. The highest BCUT2D eigenvalue weighted by Crippen LogP contribution is 2.32. The van der Waals surface area contributed by atoms with Gasteiger partial charge in [0, 0.05) is 29.8 Å². The number of rotatable bonds is 6. The number of hydrogen-bond donors (Lipinski definition) is 1. The van der Waals surface area contributed by atoms with Crippen molar-refractivity contribution in [2.75, 3.05) is 13.3 Å². The van der Waals surface area contributed by atoms with E-state index in [-0.39, 0.29) is 19.9 Å². The minimum absolute atomic E-state index is 0.0372. The molecule has 0 radical (unpaired) electrons. The van der Waals surface area contributed by atoms with Gasteiger partial charge in [-0.2, -0.15) is 5.10 Å². The van der Waals surface area contributed by atoms with E-state index in [9.17, 15) is 9.59 Å². The van der Waals surface area contributed by atoms with Crippen molar-refractivity contribution >= 4 is 23.2 Å². The van der Waals surface area contributed by atoms with Crippen molar-refractivity contribution in [1.82, 2.24) is 20.1 Å². The molecule has 9 nitrogen and oxygen atoms in total. The molecule has 144 valence electrons. The molecule has 0 aliphatic carbocycles. The molecule has 4 rings (SSSR count).